The van der Waals surface area contributed by atoms with Gasteiger partial charge in [-0.05, 0) is 6.42 Å². The molecule has 2 aromatic rings. The van der Waals surface area contributed by atoms with Crippen molar-refractivity contribution in [3.05, 3.63) is 32.1 Å². The first kappa shape index (κ1) is 13.1. The molecule has 0 amide bonds. The standard InChI is InChI=1S/C12H14ClN5O2/c1-17-9-7(11(19)16-12(17)20)4-15-10(8(9)13)18-3-2-6(14)5-18/h4,6H,2-3,5,14H2,1H3,(H,16,19,20). The number of hydrogen-bond acceptors (Lipinski definition) is 5. The highest BCUT2D eigenvalue weighted by atomic mass is 35.5. The zero-order valence-electron chi connectivity index (χ0n) is 10.9. The average molecular weight is 296 g/mol. The van der Waals surface area contributed by atoms with Gasteiger partial charge in [-0.2, -0.15) is 0 Å². The number of nitrogens with zero attached hydrogens (tertiary/aromatic N) is 3. The molecule has 0 spiro atoms. The number of nitrogens with two attached hydrogens (primary N) is 1. The van der Waals surface area contributed by atoms with Crippen LogP contribution in [0.4, 0.5) is 5.82 Å². The van der Waals surface area contributed by atoms with Crippen LogP contribution >= 0.6 is 11.6 Å². The maximum atomic E-state index is 11.8. The van der Waals surface area contributed by atoms with E-state index in [4.69, 9.17) is 17.3 Å². The van der Waals surface area contributed by atoms with Crippen LogP contribution in [0.3, 0.4) is 0 Å². The molecule has 1 fully saturated rings. The van der Waals surface area contributed by atoms with Gasteiger partial charge < -0.3 is 10.6 Å². The number of aromatic amines is 1. The topological polar surface area (TPSA) is 97.0 Å². The highest BCUT2D eigenvalue weighted by Crippen LogP contribution is 2.30. The molecule has 3 heterocycles. The third-order valence-corrected chi connectivity index (χ3v) is 3.95. The van der Waals surface area contributed by atoms with Crippen LogP contribution in [0.1, 0.15) is 6.42 Å². The molecule has 0 aromatic carbocycles. The molecule has 1 unspecified atom stereocenters. The molecule has 106 valence electrons. The number of rotatable bonds is 1. The van der Waals surface area contributed by atoms with Gasteiger partial charge in [0, 0.05) is 32.4 Å². The minimum Gasteiger partial charge on any atom is -0.354 e. The minimum absolute atomic E-state index is 0.0894. The summed E-state index contributed by atoms with van der Waals surface area (Å²) in [5.74, 6) is 0.563. The molecule has 1 atom stereocenters. The van der Waals surface area contributed by atoms with E-state index >= 15 is 0 Å². The lowest BCUT2D eigenvalue weighted by Crippen LogP contribution is -2.30. The lowest BCUT2D eigenvalue weighted by atomic mass is 10.3. The van der Waals surface area contributed by atoms with Crippen molar-refractivity contribution in [3.8, 4) is 0 Å². The summed E-state index contributed by atoms with van der Waals surface area (Å²) in [6, 6.07) is 0.0894. The van der Waals surface area contributed by atoms with E-state index in [9.17, 15) is 9.59 Å². The highest BCUT2D eigenvalue weighted by Gasteiger charge is 2.24. The van der Waals surface area contributed by atoms with Crippen molar-refractivity contribution in [3.63, 3.8) is 0 Å². The fourth-order valence-corrected chi connectivity index (χ4v) is 2.91. The number of nitrogens with one attached hydrogen (secondary N) is 1. The van der Waals surface area contributed by atoms with Gasteiger partial charge in [0.25, 0.3) is 5.56 Å². The summed E-state index contributed by atoms with van der Waals surface area (Å²) < 4.78 is 1.32. The first-order chi connectivity index (χ1) is 9.49. The van der Waals surface area contributed by atoms with E-state index in [0.29, 0.717) is 28.3 Å². The number of fused-ring (bicyclic) bond motifs is 1. The Labute approximate surface area is 119 Å². The Kier molecular flexibility index (Phi) is 3.02. The van der Waals surface area contributed by atoms with Crippen molar-refractivity contribution < 1.29 is 0 Å². The number of hydrogen-bond donors (Lipinski definition) is 2. The van der Waals surface area contributed by atoms with Crippen LogP contribution < -0.4 is 21.9 Å². The van der Waals surface area contributed by atoms with E-state index in [1.807, 2.05) is 4.90 Å². The van der Waals surface area contributed by atoms with Gasteiger partial charge in [-0.15, -0.1) is 0 Å². The SMILES string of the molecule is Cn1c(=O)[nH]c(=O)c2cnc(N3CCC(N)C3)c(Cl)c21. The predicted molar refractivity (Wildman–Crippen MR) is 77.4 cm³/mol. The maximum absolute atomic E-state index is 11.8. The molecule has 7 nitrogen and oxygen atoms in total. The van der Waals surface area contributed by atoms with Gasteiger partial charge in [-0.1, -0.05) is 11.6 Å². The molecule has 20 heavy (non-hydrogen) atoms. The molecule has 0 radical (unpaired) electrons. The van der Waals surface area contributed by atoms with Gasteiger partial charge in [0.1, 0.15) is 10.8 Å². The average Bonchev–Trinajstić information content (AvgIpc) is 2.82. The van der Waals surface area contributed by atoms with Gasteiger partial charge in [-0.25, -0.2) is 9.78 Å². The van der Waals surface area contributed by atoms with E-state index in [2.05, 4.69) is 9.97 Å². The summed E-state index contributed by atoms with van der Waals surface area (Å²) in [4.78, 5) is 31.9. The van der Waals surface area contributed by atoms with Crippen LogP contribution in [-0.2, 0) is 7.05 Å². The summed E-state index contributed by atoms with van der Waals surface area (Å²) in [5.41, 5.74) is 5.29. The Hall–Kier alpha value is -1.86. The zero-order chi connectivity index (χ0) is 14.4. The van der Waals surface area contributed by atoms with Crippen molar-refractivity contribution in [2.24, 2.45) is 12.8 Å². The second kappa shape index (κ2) is 4.60. The molecule has 0 aliphatic carbocycles. The second-order valence-corrected chi connectivity index (χ2v) is 5.35. The summed E-state index contributed by atoms with van der Waals surface area (Å²) in [6.45, 7) is 1.42. The van der Waals surface area contributed by atoms with E-state index in [1.54, 1.807) is 7.05 Å². The Morgan fingerprint density at radius 2 is 2.25 bits per heavy atom. The van der Waals surface area contributed by atoms with Crippen molar-refractivity contribution in [2.75, 3.05) is 18.0 Å². The summed E-state index contributed by atoms with van der Waals surface area (Å²) in [7, 11) is 1.56. The maximum Gasteiger partial charge on any atom is 0.328 e. The van der Waals surface area contributed by atoms with Gasteiger partial charge in [0.15, 0.2) is 0 Å². The molecular formula is C12H14ClN5O2. The first-order valence-corrected chi connectivity index (χ1v) is 6.65. The van der Waals surface area contributed by atoms with Crippen LogP contribution in [0.15, 0.2) is 15.8 Å². The van der Waals surface area contributed by atoms with Crippen molar-refractivity contribution in [1.29, 1.82) is 0 Å². The molecule has 3 N–H and O–H groups in total. The third-order valence-electron chi connectivity index (χ3n) is 3.60. The first-order valence-electron chi connectivity index (χ1n) is 6.27. The molecule has 8 heteroatoms. The number of pyridine rings is 1. The largest absolute Gasteiger partial charge is 0.354 e. The van der Waals surface area contributed by atoms with Crippen LogP contribution in [0.5, 0.6) is 0 Å². The monoisotopic (exact) mass is 295 g/mol. The fourth-order valence-electron chi connectivity index (χ4n) is 2.51. The smallest absolute Gasteiger partial charge is 0.328 e. The summed E-state index contributed by atoms with van der Waals surface area (Å²) in [5, 5.41) is 0.603. The number of halogens is 1. The molecular weight excluding hydrogens is 282 g/mol. The minimum atomic E-state index is -0.500. The summed E-state index contributed by atoms with van der Waals surface area (Å²) >= 11 is 6.36. The molecule has 1 saturated heterocycles. The Morgan fingerprint density at radius 1 is 1.50 bits per heavy atom. The lowest BCUT2D eigenvalue weighted by molar-refractivity contribution is 0.751. The predicted octanol–water partition coefficient (Wildman–Crippen LogP) is -0.187. The molecule has 1 aliphatic rings. The van der Waals surface area contributed by atoms with Gasteiger partial charge in [-0.3, -0.25) is 14.3 Å². The van der Waals surface area contributed by atoms with Crippen LogP contribution in [0.25, 0.3) is 10.9 Å². The Balaban J connectivity index is 2.28. The third kappa shape index (κ3) is 1.90. The van der Waals surface area contributed by atoms with Crippen LogP contribution in [0, 0.1) is 0 Å². The van der Waals surface area contributed by atoms with E-state index in [-0.39, 0.29) is 6.04 Å². The van der Waals surface area contributed by atoms with Gasteiger partial charge >= 0.3 is 5.69 Å². The van der Waals surface area contributed by atoms with Crippen molar-refractivity contribution in [2.45, 2.75) is 12.5 Å². The molecule has 0 saturated carbocycles. The normalized spacial score (nSPS) is 18.9. The lowest BCUT2D eigenvalue weighted by Gasteiger charge is -2.19. The zero-order valence-corrected chi connectivity index (χ0v) is 11.6. The number of aryl methyl sites for hydroxylation is 1. The van der Waals surface area contributed by atoms with Crippen molar-refractivity contribution in [1.82, 2.24) is 14.5 Å². The second-order valence-electron chi connectivity index (χ2n) is 4.97. The highest BCUT2D eigenvalue weighted by molar-refractivity contribution is 6.37. The van der Waals surface area contributed by atoms with E-state index in [1.165, 1.54) is 10.8 Å². The molecule has 0 bridgehead atoms. The number of anilines is 1. The number of aromatic nitrogens is 3. The Bertz CT molecular complexity index is 797. The van der Waals surface area contributed by atoms with E-state index in [0.717, 1.165) is 13.0 Å². The molecule has 3 rings (SSSR count). The van der Waals surface area contributed by atoms with Gasteiger partial charge in [0.2, 0.25) is 0 Å². The Morgan fingerprint density at radius 3 is 2.90 bits per heavy atom. The van der Waals surface area contributed by atoms with E-state index < -0.39 is 11.2 Å². The quantitative estimate of drug-likeness (QED) is 0.760. The molecule has 2 aromatic heterocycles. The molecule has 1 aliphatic heterocycles. The van der Waals surface area contributed by atoms with Crippen LogP contribution in [0.2, 0.25) is 5.02 Å². The fraction of sp³-hybridized carbons (Fsp3) is 0.417. The summed E-state index contributed by atoms with van der Waals surface area (Å²) in [6.07, 6.45) is 2.31. The van der Waals surface area contributed by atoms with Crippen molar-refractivity contribution >= 4 is 28.3 Å². The number of H-pyrrole nitrogens is 1. The van der Waals surface area contributed by atoms with Crippen LogP contribution in [-0.4, -0.2) is 33.7 Å². The van der Waals surface area contributed by atoms with Gasteiger partial charge in [0.05, 0.1) is 10.9 Å².